The molecule has 0 bridgehead atoms. The van der Waals surface area contributed by atoms with Crippen LogP contribution in [0.15, 0.2) is 36.5 Å². The summed E-state index contributed by atoms with van der Waals surface area (Å²) < 4.78 is 27.5. The number of nitrogens with one attached hydrogen (secondary N) is 1. The Balaban J connectivity index is 1.85. The minimum absolute atomic E-state index is 0.0833. The van der Waals surface area contributed by atoms with E-state index in [2.05, 4.69) is 15.3 Å². The van der Waals surface area contributed by atoms with Crippen molar-refractivity contribution < 1.29 is 13.6 Å². The van der Waals surface area contributed by atoms with Gasteiger partial charge in [-0.3, -0.25) is 4.79 Å². The number of rotatable bonds is 3. The molecule has 0 unspecified atom stereocenters. The van der Waals surface area contributed by atoms with E-state index < -0.39 is 11.6 Å². The summed E-state index contributed by atoms with van der Waals surface area (Å²) in [5.74, 6) is -1.56. The van der Waals surface area contributed by atoms with Gasteiger partial charge < -0.3 is 10.2 Å². The average molecular weight is 368 g/mol. The summed E-state index contributed by atoms with van der Waals surface area (Å²) in [4.78, 5) is 23.4. The molecule has 0 saturated carbocycles. The number of carbonyl (C=O) groups excluding carboxylic acids is 1. The molecule has 1 saturated heterocycles. The SMILES string of the molecule is Cc1ccc2c(Nc3ccc(F)cc3F)c(C(=O)N3CCCC3)cnc2n1. The second-order valence-electron chi connectivity index (χ2n) is 6.62. The molecule has 138 valence electrons. The molecule has 1 aliphatic rings. The van der Waals surface area contributed by atoms with Gasteiger partial charge in [-0.2, -0.15) is 0 Å². The second-order valence-corrected chi connectivity index (χ2v) is 6.62. The molecule has 7 heteroatoms. The number of fused-ring (bicyclic) bond motifs is 1. The van der Waals surface area contributed by atoms with E-state index in [9.17, 15) is 13.6 Å². The molecule has 1 aliphatic heterocycles. The molecule has 0 aliphatic carbocycles. The van der Waals surface area contributed by atoms with Crippen LogP contribution in [0.3, 0.4) is 0 Å². The first-order valence-electron chi connectivity index (χ1n) is 8.80. The van der Waals surface area contributed by atoms with Crippen LogP contribution < -0.4 is 5.32 Å². The summed E-state index contributed by atoms with van der Waals surface area (Å²) in [6.45, 7) is 3.22. The van der Waals surface area contributed by atoms with E-state index in [0.717, 1.165) is 24.6 Å². The molecule has 3 aromatic rings. The third kappa shape index (κ3) is 3.32. The first kappa shape index (κ1) is 17.3. The van der Waals surface area contributed by atoms with E-state index in [1.165, 1.54) is 18.3 Å². The Hall–Kier alpha value is -3.09. The number of nitrogens with zero attached hydrogens (tertiary/aromatic N) is 3. The lowest BCUT2D eigenvalue weighted by Crippen LogP contribution is -2.28. The molecular weight excluding hydrogens is 350 g/mol. The van der Waals surface area contributed by atoms with Gasteiger partial charge in [0.15, 0.2) is 5.65 Å². The zero-order valence-corrected chi connectivity index (χ0v) is 14.8. The molecule has 27 heavy (non-hydrogen) atoms. The fraction of sp³-hybridized carbons (Fsp3) is 0.250. The van der Waals surface area contributed by atoms with Gasteiger partial charge in [0.25, 0.3) is 5.91 Å². The molecule has 5 nitrogen and oxygen atoms in total. The van der Waals surface area contributed by atoms with Gasteiger partial charge in [0.1, 0.15) is 11.6 Å². The number of benzene rings is 1. The van der Waals surface area contributed by atoms with Crippen molar-refractivity contribution in [2.24, 2.45) is 0 Å². The predicted octanol–water partition coefficient (Wildman–Crippen LogP) is 4.20. The van der Waals surface area contributed by atoms with E-state index in [1.54, 1.807) is 17.0 Å². The fourth-order valence-corrected chi connectivity index (χ4v) is 3.28. The van der Waals surface area contributed by atoms with Gasteiger partial charge in [-0.1, -0.05) is 0 Å². The molecule has 1 amide bonds. The predicted molar refractivity (Wildman–Crippen MR) is 99.1 cm³/mol. The van der Waals surface area contributed by atoms with Gasteiger partial charge in [-0.05, 0) is 44.0 Å². The Morgan fingerprint density at radius 1 is 1.15 bits per heavy atom. The lowest BCUT2D eigenvalue weighted by atomic mass is 10.1. The van der Waals surface area contributed by atoms with E-state index in [1.807, 2.05) is 6.92 Å². The quantitative estimate of drug-likeness (QED) is 0.753. The Kier molecular flexibility index (Phi) is 4.43. The molecule has 0 radical (unpaired) electrons. The van der Waals surface area contributed by atoms with Crippen molar-refractivity contribution in [2.45, 2.75) is 19.8 Å². The van der Waals surface area contributed by atoms with Crippen molar-refractivity contribution in [1.82, 2.24) is 14.9 Å². The molecule has 4 rings (SSSR count). The van der Waals surface area contributed by atoms with Crippen molar-refractivity contribution >= 4 is 28.3 Å². The number of anilines is 2. The Morgan fingerprint density at radius 2 is 1.93 bits per heavy atom. The standard InChI is InChI=1S/C20H18F2N4O/c1-12-4-6-14-18(25-17-7-5-13(21)10-16(17)22)15(11-23-19(14)24-12)20(27)26-8-2-3-9-26/h4-7,10-11H,2-3,8-9H2,1H3,(H,23,24,25). The molecular formula is C20H18F2N4O. The highest BCUT2D eigenvalue weighted by Gasteiger charge is 2.24. The van der Waals surface area contributed by atoms with E-state index in [4.69, 9.17) is 0 Å². The number of hydrogen-bond donors (Lipinski definition) is 1. The van der Waals surface area contributed by atoms with Crippen LogP contribution in [0.2, 0.25) is 0 Å². The van der Waals surface area contributed by atoms with Gasteiger partial charge in [0.05, 0.1) is 16.9 Å². The number of carbonyl (C=O) groups is 1. The van der Waals surface area contributed by atoms with Crippen molar-refractivity contribution in [2.75, 3.05) is 18.4 Å². The monoisotopic (exact) mass is 368 g/mol. The normalized spacial score (nSPS) is 14.0. The highest BCUT2D eigenvalue weighted by atomic mass is 19.1. The maximum atomic E-state index is 14.2. The van der Waals surface area contributed by atoms with E-state index in [-0.39, 0.29) is 11.6 Å². The minimum Gasteiger partial charge on any atom is -0.352 e. The first-order chi connectivity index (χ1) is 13.0. The fourth-order valence-electron chi connectivity index (χ4n) is 3.28. The third-order valence-electron chi connectivity index (χ3n) is 4.68. The highest BCUT2D eigenvalue weighted by Crippen LogP contribution is 2.31. The Labute approximate surface area is 155 Å². The van der Waals surface area contributed by atoms with E-state index >= 15 is 0 Å². The molecule has 1 fully saturated rings. The molecule has 2 aromatic heterocycles. The second kappa shape index (κ2) is 6.90. The first-order valence-corrected chi connectivity index (χ1v) is 8.80. The number of aromatic nitrogens is 2. The smallest absolute Gasteiger partial charge is 0.257 e. The van der Waals surface area contributed by atoms with Crippen LogP contribution in [0.25, 0.3) is 11.0 Å². The number of hydrogen-bond acceptors (Lipinski definition) is 4. The van der Waals surface area contributed by atoms with Crippen molar-refractivity contribution in [1.29, 1.82) is 0 Å². The maximum absolute atomic E-state index is 14.2. The molecule has 1 aromatic carbocycles. The van der Waals surface area contributed by atoms with Crippen molar-refractivity contribution in [3.05, 3.63) is 59.4 Å². The van der Waals surface area contributed by atoms with Crippen LogP contribution in [0.1, 0.15) is 28.9 Å². The van der Waals surface area contributed by atoms with Crippen molar-refractivity contribution in [3.63, 3.8) is 0 Å². The van der Waals surface area contributed by atoms with Crippen LogP contribution in [0, 0.1) is 18.6 Å². The highest BCUT2D eigenvalue weighted by molar-refractivity contribution is 6.07. The number of halogens is 2. The molecule has 0 atom stereocenters. The van der Waals surface area contributed by atoms with Crippen LogP contribution in [0.5, 0.6) is 0 Å². The van der Waals surface area contributed by atoms with Gasteiger partial charge >= 0.3 is 0 Å². The number of pyridine rings is 2. The zero-order valence-electron chi connectivity index (χ0n) is 14.8. The lowest BCUT2D eigenvalue weighted by molar-refractivity contribution is 0.0793. The zero-order chi connectivity index (χ0) is 19.0. The maximum Gasteiger partial charge on any atom is 0.257 e. The van der Waals surface area contributed by atoms with Gasteiger partial charge in [0, 0.05) is 36.4 Å². The summed E-state index contributed by atoms with van der Waals surface area (Å²) >= 11 is 0. The Bertz CT molecular complexity index is 1030. The molecule has 0 spiro atoms. The average Bonchev–Trinajstić information content (AvgIpc) is 3.18. The van der Waals surface area contributed by atoms with Crippen LogP contribution in [0.4, 0.5) is 20.2 Å². The number of amides is 1. The molecule has 1 N–H and O–H groups in total. The van der Waals surface area contributed by atoms with Gasteiger partial charge in [-0.25, -0.2) is 18.7 Å². The number of aryl methyl sites for hydroxylation is 1. The van der Waals surface area contributed by atoms with Crippen LogP contribution in [-0.2, 0) is 0 Å². The van der Waals surface area contributed by atoms with Crippen LogP contribution >= 0.6 is 0 Å². The minimum atomic E-state index is -0.736. The Morgan fingerprint density at radius 3 is 2.67 bits per heavy atom. The van der Waals surface area contributed by atoms with Crippen LogP contribution in [-0.4, -0.2) is 33.9 Å². The largest absolute Gasteiger partial charge is 0.352 e. The summed E-state index contributed by atoms with van der Waals surface area (Å²) in [6.07, 6.45) is 3.39. The summed E-state index contributed by atoms with van der Waals surface area (Å²) in [7, 11) is 0. The number of likely N-dealkylation sites (tertiary alicyclic amines) is 1. The summed E-state index contributed by atoms with van der Waals surface area (Å²) in [6, 6.07) is 6.88. The lowest BCUT2D eigenvalue weighted by Gasteiger charge is -2.19. The topological polar surface area (TPSA) is 58.1 Å². The summed E-state index contributed by atoms with van der Waals surface area (Å²) in [5, 5.41) is 3.57. The van der Waals surface area contributed by atoms with E-state index in [0.29, 0.717) is 35.4 Å². The van der Waals surface area contributed by atoms with Gasteiger partial charge in [0.2, 0.25) is 0 Å². The van der Waals surface area contributed by atoms with Gasteiger partial charge in [-0.15, -0.1) is 0 Å². The summed E-state index contributed by atoms with van der Waals surface area (Å²) in [5.41, 5.74) is 2.10. The third-order valence-corrected chi connectivity index (χ3v) is 4.68. The molecule has 3 heterocycles. The van der Waals surface area contributed by atoms with Crippen molar-refractivity contribution in [3.8, 4) is 0 Å².